The van der Waals surface area contributed by atoms with Crippen LogP contribution in [0.5, 0.6) is 0 Å². The molecule has 2 aromatic rings. The minimum atomic E-state index is -0.369. The number of carbonyl (C=O) groups is 3. The fourth-order valence-corrected chi connectivity index (χ4v) is 2.27. The van der Waals surface area contributed by atoms with Gasteiger partial charge in [0.15, 0.2) is 0 Å². The number of carbonyl (C=O) groups excluding carboxylic acids is 3. The fourth-order valence-electron chi connectivity index (χ4n) is 2.27. The third-order valence-electron chi connectivity index (χ3n) is 3.63. The van der Waals surface area contributed by atoms with E-state index in [1.165, 1.54) is 6.20 Å². The Bertz CT molecular complexity index is 801. The summed E-state index contributed by atoms with van der Waals surface area (Å²) in [5.41, 5.74) is 1.39. The molecule has 2 amide bonds. The smallest absolute Gasteiger partial charge is 0.306 e. The van der Waals surface area contributed by atoms with Gasteiger partial charge in [0.1, 0.15) is 0 Å². The second-order valence-electron chi connectivity index (χ2n) is 5.63. The highest BCUT2D eigenvalue weighted by atomic mass is 16.5. The molecule has 27 heavy (non-hydrogen) atoms. The maximum Gasteiger partial charge on any atom is 0.306 e. The molecule has 0 aromatic heterocycles. The Morgan fingerprint density at radius 1 is 0.852 bits per heavy atom. The van der Waals surface area contributed by atoms with Gasteiger partial charge in [-0.15, -0.1) is 0 Å². The van der Waals surface area contributed by atoms with E-state index in [-0.39, 0.29) is 30.6 Å². The summed E-state index contributed by atoms with van der Waals surface area (Å²) in [6.07, 6.45) is 1.73. The van der Waals surface area contributed by atoms with Gasteiger partial charge in [0.05, 0.1) is 13.0 Å². The number of rotatable bonds is 8. The van der Waals surface area contributed by atoms with Crippen LogP contribution in [0.2, 0.25) is 0 Å². The maximum atomic E-state index is 12.4. The van der Waals surface area contributed by atoms with Crippen LogP contribution in [0.3, 0.4) is 0 Å². The van der Waals surface area contributed by atoms with E-state index < -0.39 is 0 Å². The SMILES string of the molecule is CCOC(=O)CC/C(=C\NC(=O)c1ccccc1)NC(=O)c1ccccc1. The summed E-state index contributed by atoms with van der Waals surface area (Å²) in [6.45, 7) is 2.02. The molecular weight excluding hydrogens is 344 g/mol. The Morgan fingerprint density at radius 2 is 1.41 bits per heavy atom. The Hall–Kier alpha value is -3.41. The zero-order chi connectivity index (χ0) is 19.5. The quantitative estimate of drug-likeness (QED) is 0.704. The van der Waals surface area contributed by atoms with Crippen molar-refractivity contribution in [2.45, 2.75) is 19.8 Å². The topological polar surface area (TPSA) is 84.5 Å². The van der Waals surface area contributed by atoms with E-state index in [2.05, 4.69) is 10.6 Å². The number of esters is 1. The minimum absolute atomic E-state index is 0.0932. The number of ether oxygens (including phenoxy) is 1. The van der Waals surface area contributed by atoms with E-state index in [4.69, 9.17) is 4.74 Å². The van der Waals surface area contributed by atoms with Crippen LogP contribution >= 0.6 is 0 Å². The van der Waals surface area contributed by atoms with E-state index in [0.29, 0.717) is 23.4 Å². The monoisotopic (exact) mass is 366 g/mol. The lowest BCUT2D eigenvalue weighted by molar-refractivity contribution is -0.143. The lowest BCUT2D eigenvalue weighted by Crippen LogP contribution is -2.26. The molecule has 0 radical (unpaired) electrons. The van der Waals surface area contributed by atoms with Crippen molar-refractivity contribution in [1.82, 2.24) is 10.6 Å². The van der Waals surface area contributed by atoms with Crippen molar-refractivity contribution in [1.29, 1.82) is 0 Å². The Morgan fingerprint density at radius 3 is 1.96 bits per heavy atom. The van der Waals surface area contributed by atoms with Crippen molar-refractivity contribution in [3.05, 3.63) is 83.7 Å². The Kier molecular flexibility index (Phi) is 7.78. The number of amides is 2. The van der Waals surface area contributed by atoms with Crippen LogP contribution in [0, 0.1) is 0 Å². The predicted octanol–water partition coefficient (Wildman–Crippen LogP) is 3.03. The molecule has 6 nitrogen and oxygen atoms in total. The van der Waals surface area contributed by atoms with Crippen molar-refractivity contribution in [2.24, 2.45) is 0 Å². The van der Waals surface area contributed by atoms with Crippen molar-refractivity contribution >= 4 is 17.8 Å². The summed E-state index contributed by atoms with van der Waals surface area (Å²) >= 11 is 0. The van der Waals surface area contributed by atoms with Gasteiger partial charge in [-0.25, -0.2) is 0 Å². The van der Waals surface area contributed by atoms with E-state index in [0.717, 1.165) is 0 Å². The minimum Gasteiger partial charge on any atom is -0.466 e. The maximum absolute atomic E-state index is 12.4. The third kappa shape index (κ3) is 6.78. The van der Waals surface area contributed by atoms with Crippen molar-refractivity contribution < 1.29 is 19.1 Å². The molecule has 2 N–H and O–H groups in total. The van der Waals surface area contributed by atoms with E-state index in [9.17, 15) is 14.4 Å². The molecule has 0 unspecified atom stereocenters. The summed E-state index contributed by atoms with van der Waals surface area (Å²) in [6, 6.07) is 17.4. The molecule has 0 aliphatic heterocycles. The first-order chi connectivity index (χ1) is 13.1. The van der Waals surface area contributed by atoms with Gasteiger partial charge in [0, 0.05) is 23.0 Å². The standard InChI is InChI=1S/C21H22N2O4/c1-2-27-19(24)14-13-18(23-21(26)17-11-7-4-8-12-17)15-22-20(25)16-9-5-3-6-10-16/h3-12,15H,2,13-14H2,1H3,(H,22,25)(H,23,26)/b18-15+. The van der Waals surface area contributed by atoms with Gasteiger partial charge >= 0.3 is 5.97 Å². The van der Waals surface area contributed by atoms with Crippen LogP contribution in [0.25, 0.3) is 0 Å². The van der Waals surface area contributed by atoms with Crippen molar-refractivity contribution in [3.63, 3.8) is 0 Å². The first-order valence-corrected chi connectivity index (χ1v) is 8.67. The Labute approximate surface area is 158 Å². The summed E-state index contributed by atoms with van der Waals surface area (Å²) in [4.78, 5) is 36.2. The van der Waals surface area contributed by atoms with E-state index >= 15 is 0 Å². The van der Waals surface area contributed by atoms with Crippen molar-refractivity contribution in [2.75, 3.05) is 6.61 Å². The third-order valence-corrected chi connectivity index (χ3v) is 3.63. The molecular formula is C21H22N2O4. The highest BCUT2D eigenvalue weighted by Gasteiger charge is 2.11. The lowest BCUT2D eigenvalue weighted by Gasteiger charge is -2.11. The number of nitrogens with one attached hydrogen (secondary N) is 2. The molecule has 0 bridgehead atoms. The lowest BCUT2D eigenvalue weighted by atomic mass is 10.2. The number of hydrogen-bond donors (Lipinski definition) is 2. The number of allylic oxidation sites excluding steroid dienone is 1. The summed E-state index contributed by atoms with van der Waals surface area (Å²) < 4.78 is 4.91. The van der Waals surface area contributed by atoms with Crippen LogP contribution in [0.4, 0.5) is 0 Å². The molecule has 0 saturated carbocycles. The van der Waals surface area contributed by atoms with Gasteiger partial charge in [0.2, 0.25) is 0 Å². The second kappa shape index (κ2) is 10.6. The summed E-state index contributed by atoms with van der Waals surface area (Å²) in [5.74, 6) is -0.996. The molecule has 0 heterocycles. The number of hydrogen-bond acceptors (Lipinski definition) is 4. The van der Waals surface area contributed by atoms with Crippen LogP contribution < -0.4 is 10.6 Å². The molecule has 0 fully saturated rings. The van der Waals surface area contributed by atoms with Gasteiger partial charge in [-0.05, 0) is 37.6 Å². The average molecular weight is 366 g/mol. The predicted molar refractivity (Wildman–Crippen MR) is 102 cm³/mol. The van der Waals surface area contributed by atoms with Crippen LogP contribution in [-0.4, -0.2) is 24.4 Å². The van der Waals surface area contributed by atoms with Gasteiger partial charge in [-0.3, -0.25) is 14.4 Å². The first kappa shape index (κ1) is 19.9. The van der Waals surface area contributed by atoms with E-state index in [1.807, 2.05) is 12.1 Å². The van der Waals surface area contributed by atoms with Gasteiger partial charge in [0.25, 0.3) is 11.8 Å². The highest BCUT2D eigenvalue weighted by molar-refractivity contribution is 5.96. The zero-order valence-electron chi connectivity index (χ0n) is 15.1. The summed E-state index contributed by atoms with van der Waals surface area (Å²) in [5, 5.41) is 5.38. The molecule has 0 spiro atoms. The second-order valence-corrected chi connectivity index (χ2v) is 5.63. The van der Waals surface area contributed by atoms with Crippen LogP contribution in [-0.2, 0) is 9.53 Å². The number of benzene rings is 2. The summed E-state index contributed by atoms with van der Waals surface area (Å²) in [7, 11) is 0. The molecule has 0 aliphatic rings. The van der Waals surface area contributed by atoms with Crippen LogP contribution in [0.15, 0.2) is 72.6 Å². The average Bonchev–Trinajstić information content (AvgIpc) is 2.71. The largest absolute Gasteiger partial charge is 0.466 e. The fraction of sp³-hybridized carbons (Fsp3) is 0.190. The normalized spacial score (nSPS) is 10.8. The zero-order valence-corrected chi connectivity index (χ0v) is 15.1. The van der Waals surface area contributed by atoms with Crippen LogP contribution in [0.1, 0.15) is 40.5 Å². The van der Waals surface area contributed by atoms with Crippen molar-refractivity contribution in [3.8, 4) is 0 Å². The highest BCUT2D eigenvalue weighted by Crippen LogP contribution is 2.06. The molecule has 6 heteroatoms. The first-order valence-electron chi connectivity index (χ1n) is 8.67. The van der Waals surface area contributed by atoms with Gasteiger partial charge in [-0.1, -0.05) is 36.4 Å². The molecule has 2 aromatic carbocycles. The molecule has 140 valence electrons. The molecule has 0 atom stereocenters. The van der Waals surface area contributed by atoms with E-state index in [1.54, 1.807) is 55.5 Å². The molecule has 0 aliphatic carbocycles. The van der Waals surface area contributed by atoms with Gasteiger partial charge in [-0.2, -0.15) is 0 Å². The Balaban J connectivity index is 2.07. The molecule has 0 saturated heterocycles. The van der Waals surface area contributed by atoms with Gasteiger partial charge < -0.3 is 15.4 Å². The molecule has 2 rings (SSSR count).